The maximum Gasteiger partial charge on any atom is 0.158 e. The van der Waals surface area contributed by atoms with Crippen molar-refractivity contribution in [3.05, 3.63) is 23.4 Å². The van der Waals surface area contributed by atoms with Gasteiger partial charge in [0, 0.05) is 12.1 Å². The van der Waals surface area contributed by atoms with Crippen molar-refractivity contribution in [3.63, 3.8) is 0 Å². The number of rotatable bonds is 0. The number of hydrogen-bond acceptors (Lipinski definition) is 2. The fourth-order valence-corrected chi connectivity index (χ4v) is 2.41. The molecular weight excluding hydrogens is 198 g/mol. The third-order valence-electron chi connectivity index (χ3n) is 3.62. The highest BCUT2D eigenvalue weighted by Crippen LogP contribution is 2.32. The normalized spacial score (nSPS) is 31.2. The van der Waals surface area contributed by atoms with Crippen LogP contribution in [0.25, 0.3) is 0 Å². The van der Waals surface area contributed by atoms with Gasteiger partial charge in [0.2, 0.25) is 0 Å². The molecule has 2 heteroatoms. The van der Waals surface area contributed by atoms with Gasteiger partial charge >= 0.3 is 0 Å². The van der Waals surface area contributed by atoms with Gasteiger partial charge in [-0.25, -0.2) is 0 Å². The predicted octanol–water partition coefficient (Wildman–Crippen LogP) is 2.96. The van der Waals surface area contributed by atoms with Crippen molar-refractivity contribution in [3.8, 4) is 0 Å². The van der Waals surface area contributed by atoms with Crippen LogP contribution in [0.2, 0.25) is 0 Å². The predicted molar refractivity (Wildman–Crippen MR) is 66.0 cm³/mol. The van der Waals surface area contributed by atoms with Crippen LogP contribution in [0.3, 0.4) is 0 Å². The van der Waals surface area contributed by atoms with Crippen molar-refractivity contribution in [2.24, 2.45) is 5.41 Å². The molecule has 1 heterocycles. The van der Waals surface area contributed by atoms with Crippen LogP contribution in [0.4, 0.5) is 0 Å². The molecule has 1 aliphatic carbocycles. The van der Waals surface area contributed by atoms with Crippen molar-refractivity contribution in [1.82, 2.24) is 5.32 Å². The number of carbonyl (C=O) groups excluding carboxylic acids is 1. The van der Waals surface area contributed by atoms with Gasteiger partial charge in [-0.2, -0.15) is 0 Å². The summed E-state index contributed by atoms with van der Waals surface area (Å²) < 4.78 is 0. The highest BCUT2D eigenvalue weighted by Gasteiger charge is 2.25. The van der Waals surface area contributed by atoms with E-state index in [9.17, 15) is 4.79 Å². The van der Waals surface area contributed by atoms with Gasteiger partial charge in [0.15, 0.2) is 5.78 Å². The van der Waals surface area contributed by atoms with Gasteiger partial charge in [-0.1, -0.05) is 19.9 Å². The first kappa shape index (κ1) is 11.4. The van der Waals surface area contributed by atoms with Crippen LogP contribution in [0.15, 0.2) is 23.4 Å². The molecule has 0 fully saturated rings. The molecule has 0 bridgehead atoms. The third kappa shape index (κ3) is 2.37. The fraction of sp³-hybridized carbons (Fsp3) is 0.643. The number of allylic oxidation sites excluding steroid dienone is 3. The summed E-state index contributed by atoms with van der Waals surface area (Å²) in [5, 5.41) is 3.32. The summed E-state index contributed by atoms with van der Waals surface area (Å²) in [5.74, 6) is 0.326. The Morgan fingerprint density at radius 2 is 2.19 bits per heavy atom. The standard InChI is InChI=1S/C14H21NO/c1-10-13(16)9-11-5-4-7-14(2,3)8-6-12(11)15-10/h6,8,10,15H,4-5,7,9H2,1-3H3/b8-6-. The number of Topliss-reactive ketones (excluding diaryl/α,β-unsaturated/α-hetero) is 1. The first-order chi connectivity index (χ1) is 7.48. The molecule has 0 saturated carbocycles. The van der Waals surface area contributed by atoms with Gasteiger partial charge in [-0.05, 0) is 43.3 Å². The summed E-state index contributed by atoms with van der Waals surface area (Å²) in [6.45, 7) is 6.49. The Morgan fingerprint density at radius 3 is 2.94 bits per heavy atom. The van der Waals surface area contributed by atoms with Crippen molar-refractivity contribution in [2.45, 2.75) is 52.5 Å². The van der Waals surface area contributed by atoms with Crippen LogP contribution >= 0.6 is 0 Å². The Balaban J connectivity index is 2.27. The van der Waals surface area contributed by atoms with E-state index in [2.05, 4.69) is 31.3 Å². The lowest BCUT2D eigenvalue weighted by atomic mass is 9.82. The van der Waals surface area contributed by atoms with Crippen LogP contribution in [-0.4, -0.2) is 11.8 Å². The Labute approximate surface area is 97.8 Å². The van der Waals surface area contributed by atoms with Crippen LogP contribution in [-0.2, 0) is 4.79 Å². The van der Waals surface area contributed by atoms with Crippen molar-refractivity contribution >= 4 is 5.78 Å². The Kier molecular flexibility index (Phi) is 2.92. The van der Waals surface area contributed by atoms with Crippen LogP contribution in [0.1, 0.15) is 46.5 Å². The van der Waals surface area contributed by atoms with Gasteiger partial charge in [-0.15, -0.1) is 0 Å². The zero-order chi connectivity index (χ0) is 11.8. The molecule has 1 aliphatic heterocycles. The minimum absolute atomic E-state index is 0.0223. The zero-order valence-corrected chi connectivity index (χ0v) is 10.5. The van der Waals surface area contributed by atoms with Crippen molar-refractivity contribution in [2.75, 3.05) is 0 Å². The quantitative estimate of drug-likeness (QED) is 0.678. The average molecular weight is 219 g/mol. The van der Waals surface area contributed by atoms with Gasteiger partial charge in [0.05, 0.1) is 6.04 Å². The second kappa shape index (κ2) is 4.08. The lowest BCUT2D eigenvalue weighted by Gasteiger charge is -2.29. The second-order valence-corrected chi connectivity index (χ2v) is 5.70. The van der Waals surface area contributed by atoms with E-state index in [-0.39, 0.29) is 11.5 Å². The topological polar surface area (TPSA) is 29.1 Å². The summed E-state index contributed by atoms with van der Waals surface area (Å²) >= 11 is 0. The molecular formula is C14H21NO. The largest absolute Gasteiger partial charge is 0.376 e. The molecule has 1 unspecified atom stereocenters. The maximum absolute atomic E-state index is 11.7. The smallest absolute Gasteiger partial charge is 0.158 e. The van der Waals surface area contributed by atoms with Gasteiger partial charge in [0.25, 0.3) is 0 Å². The van der Waals surface area contributed by atoms with Crippen molar-refractivity contribution < 1.29 is 4.79 Å². The molecule has 0 amide bonds. The second-order valence-electron chi connectivity index (χ2n) is 5.70. The minimum Gasteiger partial charge on any atom is -0.376 e. The first-order valence-corrected chi connectivity index (χ1v) is 6.18. The highest BCUT2D eigenvalue weighted by atomic mass is 16.1. The average Bonchev–Trinajstić information content (AvgIpc) is 2.19. The summed E-state index contributed by atoms with van der Waals surface area (Å²) in [5.41, 5.74) is 2.78. The maximum atomic E-state index is 11.7. The molecule has 0 aromatic heterocycles. The van der Waals surface area contributed by atoms with Crippen LogP contribution in [0.5, 0.6) is 0 Å². The third-order valence-corrected chi connectivity index (χ3v) is 3.62. The fourth-order valence-electron chi connectivity index (χ4n) is 2.41. The molecule has 2 aliphatic rings. The van der Waals surface area contributed by atoms with Gasteiger partial charge in [-0.3, -0.25) is 4.79 Å². The van der Waals surface area contributed by atoms with E-state index in [4.69, 9.17) is 0 Å². The van der Waals surface area contributed by atoms with Gasteiger partial charge in [0.1, 0.15) is 0 Å². The van der Waals surface area contributed by atoms with Crippen LogP contribution in [0, 0.1) is 5.41 Å². The monoisotopic (exact) mass is 219 g/mol. The number of carbonyl (C=O) groups is 1. The van der Waals surface area contributed by atoms with E-state index >= 15 is 0 Å². The summed E-state index contributed by atoms with van der Waals surface area (Å²) in [7, 11) is 0. The van der Waals surface area contributed by atoms with E-state index in [1.54, 1.807) is 0 Å². The van der Waals surface area contributed by atoms with E-state index < -0.39 is 0 Å². The highest BCUT2D eigenvalue weighted by molar-refractivity contribution is 5.87. The van der Waals surface area contributed by atoms with Gasteiger partial charge < -0.3 is 5.32 Å². The molecule has 16 heavy (non-hydrogen) atoms. The SMILES string of the molecule is CC1NC2=C(CCCC(C)(C)/C=C\2)CC1=O. The van der Waals surface area contributed by atoms with Crippen molar-refractivity contribution in [1.29, 1.82) is 0 Å². The molecule has 2 rings (SSSR count). The molecule has 0 aromatic carbocycles. The molecule has 0 radical (unpaired) electrons. The summed E-state index contributed by atoms with van der Waals surface area (Å²) in [6.07, 6.45) is 8.54. The van der Waals surface area contributed by atoms with E-state index in [1.807, 2.05) is 6.92 Å². The molecule has 0 spiro atoms. The summed E-state index contributed by atoms with van der Waals surface area (Å²) in [6, 6.07) is -0.0223. The van der Waals surface area contributed by atoms with E-state index in [0.717, 1.165) is 6.42 Å². The molecule has 1 atom stereocenters. The van der Waals surface area contributed by atoms with E-state index in [1.165, 1.54) is 24.1 Å². The van der Waals surface area contributed by atoms with Crippen LogP contribution < -0.4 is 5.32 Å². The van der Waals surface area contributed by atoms with E-state index in [0.29, 0.717) is 12.2 Å². The molecule has 88 valence electrons. The molecule has 2 nitrogen and oxygen atoms in total. The Bertz CT molecular complexity index is 363. The number of ketones is 1. The molecule has 1 N–H and O–H groups in total. The zero-order valence-electron chi connectivity index (χ0n) is 10.5. The molecule has 0 aromatic rings. The lowest BCUT2D eigenvalue weighted by Crippen LogP contribution is -2.38. The molecule has 0 saturated heterocycles. The Morgan fingerprint density at radius 1 is 1.44 bits per heavy atom. The minimum atomic E-state index is -0.0223. The number of hydrogen-bond donors (Lipinski definition) is 1. The lowest BCUT2D eigenvalue weighted by molar-refractivity contribution is -0.120. The Hall–Kier alpha value is -1.05. The summed E-state index contributed by atoms with van der Waals surface area (Å²) in [4.78, 5) is 11.7. The first-order valence-electron chi connectivity index (χ1n) is 6.18. The number of nitrogens with one attached hydrogen (secondary N) is 1.